The highest BCUT2D eigenvalue weighted by molar-refractivity contribution is 5.96. The Morgan fingerprint density at radius 1 is 1.04 bits per heavy atom. The van der Waals surface area contributed by atoms with Gasteiger partial charge in [-0.2, -0.15) is 0 Å². The first-order valence-corrected chi connectivity index (χ1v) is 8.40. The lowest BCUT2D eigenvalue weighted by Crippen LogP contribution is -2.10. The first-order valence-electron chi connectivity index (χ1n) is 8.40. The van der Waals surface area contributed by atoms with Gasteiger partial charge in [0.1, 0.15) is 11.5 Å². The highest BCUT2D eigenvalue weighted by atomic mass is 16.1. The van der Waals surface area contributed by atoms with Gasteiger partial charge in [-0.3, -0.25) is 9.78 Å². The Labute approximate surface area is 151 Å². The molecule has 0 amide bonds. The van der Waals surface area contributed by atoms with Gasteiger partial charge in [0.25, 0.3) is 0 Å². The number of imidazole rings is 2. The van der Waals surface area contributed by atoms with E-state index in [1.807, 2.05) is 54.7 Å². The molecule has 0 aliphatic carbocycles. The average molecular weight is 345 g/mol. The maximum Gasteiger partial charge on any atom is 0.186 e. The summed E-state index contributed by atoms with van der Waals surface area (Å²) in [6.45, 7) is 1.88. The van der Waals surface area contributed by atoms with Crippen molar-refractivity contribution in [2.75, 3.05) is 0 Å². The Hall–Kier alpha value is -3.28. The summed E-state index contributed by atoms with van der Waals surface area (Å²) in [5.74, 6) is 0.836. The first-order chi connectivity index (χ1) is 12.5. The number of aromatic nitrogens is 5. The molecular weight excluding hydrogens is 326 g/mol. The number of benzene rings is 1. The maximum absolute atomic E-state index is 12.6. The van der Waals surface area contributed by atoms with Crippen LogP contribution < -0.4 is 0 Å². The molecule has 0 fully saturated rings. The molecule has 3 heterocycles. The second kappa shape index (κ2) is 6.22. The van der Waals surface area contributed by atoms with E-state index in [1.165, 1.54) is 0 Å². The zero-order valence-corrected chi connectivity index (χ0v) is 15.0. The lowest BCUT2D eigenvalue weighted by molar-refractivity contribution is 0.0984. The van der Waals surface area contributed by atoms with E-state index in [4.69, 9.17) is 0 Å². The van der Waals surface area contributed by atoms with E-state index in [0.29, 0.717) is 5.69 Å². The number of aryl methyl sites for hydroxylation is 2. The van der Waals surface area contributed by atoms with E-state index in [-0.39, 0.29) is 12.2 Å². The number of rotatable bonds is 4. The van der Waals surface area contributed by atoms with Crippen molar-refractivity contribution in [3.05, 3.63) is 66.4 Å². The van der Waals surface area contributed by atoms with E-state index in [2.05, 4.69) is 27.1 Å². The van der Waals surface area contributed by atoms with Gasteiger partial charge in [0.05, 0.1) is 30.8 Å². The van der Waals surface area contributed by atoms with Gasteiger partial charge in [-0.25, -0.2) is 9.97 Å². The molecule has 6 nitrogen and oxygen atoms in total. The van der Waals surface area contributed by atoms with Crippen LogP contribution in [0, 0.1) is 6.92 Å². The van der Waals surface area contributed by atoms with Crippen molar-refractivity contribution in [2.24, 2.45) is 14.1 Å². The van der Waals surface area contributed by atoms with Crippen LogP contribution >= 0.6 is 0 Å². The molecule has 0 atom stereocenters. The molecule has 4 rings (SSSR count). The Bertz CT molecular complexity index is 1120. The minimum absolute atomic E-state index is 0.0164. The van der Waals surface area contributed by atoms with Gasteiger partial charge in [-0.1, -0.05) is 12.1 Å². The Morgan fingerprint density at radius 2 is 1.88 bits per heavy atom. The normalized spacial score (nSPS) is 11.2. The third-order valence-electron chi connectivity index (χ3n) is 4.74. The first kappa shape index (κ1) is 16.2. The standard InChI is InChI=1S/C20H19N5O/c1-13-22-11-19(25(13)3)20(26)8-17-7-16-6-14(4-5-15(16)9-23-17)18-10-21-12-24(18)2/h4-7,9-12H,8H2,1-3H3. The van der Waals surface area contributed by atoms with Crippen LogP contribution in [0.25, 0.3) is 22.0 Å². The second-order valence-corrected chi connectivity index (χ2v) is 6.48. The van der Waals surface area contributed by atoms with Crippen LogP contribution in [0.3, 0.4) is 0 Å². The maximum atomic E-state index is 12.6. The van der Waals surface area contributed by atoms with Crippen LogP contribution in [-0.4, -0.2) is 29.9 Å². The topological polar surface area (TPSA) is 65.6 Å². The van der Waals surface area contributed by atoms with Crippen LogP contribution in [0.5, 0.6) is 0 Å². The fourth-order valence-corrected chi connectivity index (χ4v) is 3.09. The van der Waals surface area contributed by atoms with Crippen LogP contribution in [0.1, 0.15) is 22.0 Å². The third-order valence-corrected chi connectivity index (χ3v) is 4.74. The molecule has 0 radical (unpaired) electrons. The van der Waals surface area contributed by atoms with Crippen LogP contribution in [0.15, 0.2) is 49.2 Å². The van der Waals surface area contributed by atoms with Crippen LogP contribution in [0.4, 0.5) is 0 Å². The SMILES string of the molecule is Cc1ncc(C(=O)Cc2cc3cc(-c4cncn4C)ccc3cn2)n1C. The molecule has 6 heteroatoms. The molecule has 0 saturated heterocycles. The highest BCUT2D eigenvalue weighted by Gasteiger charge is 2.14. The molecule has 3 aromatic heterocycles. The summed E-state index contributed by atoms with van der Waals surface area (Å²) in [5.41, 5.74) is 3.49. The number of Topliss-reactive ketones (excluding diaryl/α,β-unsaturated/α-hetero) is 1. The van der Waals surface area contributed by atoms with E-state index in [1.54, 1.807) is 12.5 Å². The van der Waals surface area contributed by atoms with Gasteiger partial charge >= 0.3 is 0 Å². The lowest BCUT2D eigenvalue weighted by Gasteiger charge is -2.07. The number of hydrogen-bond acceptors (Lipinski definition) is 4. The van der Waals surface area contributed by atoms with Gasteiger partial charge in [0, 0.05) is 36.9 Å². The number of pyridine rings is 1. The predicted molar refractivity (Wildman–Crippen MR) is 99.9 cm³/mol. The summed E-state index contributed by atoms with van der Waals surface area (Å²) in [6.07, 6.45) is 7.33. The largest absolute Gasteiger partial charge is 0.334 e. The molecule has 4 aromatic rings. The van der Waals surface area contributed by atoms with Gasteiger partial charge in [0.2, 0.25) is 0 Å². The quantitative estimate of drug-likeness (QED) is 0.533. The number of hydrogen-bond donors (Lipinski definition) is 0. The third kappa shape index (κ3) is 2.79. The van der Waals surface area contributed by atoms with Crippen molar-refractivity contribution in [1.29, 1.82) is 0 Å². The minimum atomic E-state index is 0.0164. The van der Waals surface area contributed by atoms with E-state index in [0.717, 1.165) is 33.5 Å². The molecule has 26 heavy (non-hydrogen) atoms. The smallest absolute Gasteiger partial charge is 0.186 e. The molecule has 0 aliphatic rings. The van der Waals surface area contributed by atoms with Crippen molar-refractivity contribution >= 4 is 16.6 Å². The number of fused-ring (bicyclic) bond motifs is 1. The highest BCUT2D eigenvalue weighted by Crippen LogP contribution is 2.24. The van der Waals surface area contributed by atoms with Crippen molar-refractivity contribution < 1.29 is 4.79 Å². The fraction of sp³-hybridized carbons (Fsp3) is 0.200. The predicted octanol–water partition coefficient (Wildman–Crippen LogP) is 3.10. The van der Waals surface area contributed by atoms with E-state index in [9.17, 15) is 4.79 Å². The Morgan fingerprint density at radius 3 is 2.58 bits per heavy atom. The van der Waals surface area contributed by atoms with Gasteiger partial charge in [-0.15, -0.1) is 0 Å². The van der Waals surface area contributed by atoms with Crippen LogP contribution in [-0.2, 0) is 20.5 Å². The Balaban J connectivity index is 1.67. The zero-order chi connectivity index (χ0) is 18.3. The number of carbonyl (C=O) groups excluding carboxylic acids is 1. The molecule has 0 saturated carbocycles. The minimum Gasteiger partial charge on any atom is -0.334 e. The summed E-state index contributed by atoms with van der Waals surface area (Å²) in [4.78, 5) is 25.4. The zero-order valence-electron chi connectivity index (χ0n) is 15.0. The monoisotopic (exact) mass is 345 g/mol. The van der Waals surface area contributed by atoms with Gasteiger partial charge in [0.15, 0.2) is 5.78 Å². The molecule has 130 valence electrons. The molecule has 0 N–H and O–H groups in total. The summed E-state index contributed by atoms with van der Waals surface area (Å²) in [5, 5.41) is 2.10. The van der Waals surface area contributed by atoms with Gasteiger partial charge in [-0.05, 0) is 24.4 Å². The molecule has 0 bridgehead atoms. The molecular formula is C20H19N5O. The van der Waals surface area contributed by atoms with E-state index >= 15 is 0 Å². The Kier molecular flexibility index (Phi) is 3.88. The molecule has 0 unspecified atom stereocenters. The molecule has 1 aromatic carbocycles. The molecule has 0 aliphatic heterocycles. The van der Waals surface area contributed by atoms with Crippen molar-refractivity contribution in [2.45, 2.75) is 13.3 Å². The van der Waals surface area contributed by atoms with Crippen molar-refractivity contribution in [1.82, 2.24) is 24.1 Å². The lowest BCUT2D eigenvalue weighted by atomic mass is 10.0. The van der Waals surface area contributed by atoms with E-state index < -0.39 is 0 Å². The second-order valence-electron chi connectivity index (χ2n) is 6.48. The van der Waals surface area contributed by atoms with Gasteiger partial charge < -0.3 is 9.13 Å². The summed E-state index contributed by atoms with van der Waals surface area (Å²) < 4.78 is 3.79. The van der Waals surface area contributed by atoms with Crippen molar-refractivity contribution in [3.63, 3.8) is 0 Å². The fourth-order valence-electron chi connectivity index (χ4n) is 3.09. The average Bonchev–Trinajstić information content (AvgIpc) is 3.20. The van der Waals surface area contributed by atoms with Crippen LogP contribution in [0.2, 0.25) is 0 Å². The number of nitrogens with zero attached hydrogens (tertiary/aromatic N) is 5. The molecule has 0 spiro atoms. The number of carbonyl (C=O) groups is 1. The van der Waals surface area contributed by atoms with Crippen molar-refractivity contribution in [3.8, 4) is 11.3 Å². The summed E-state index contributed by atoms with van der Waals surface area (Å²) in [7, 11) is 3.82. The number of ketones is 1. The summed E-state index contributed by atoms with van der Waals surface area (Å²) >= 11 is 0. The summed E-state index contributed by atoms with van der Waals surface area (Å²) in [6, 6.07) is 8.19.